The number of para-hydroxylation sites is 1. The van der Waals surface area contributed by atoms with E-state index in [-0.39, 0.29) is 0 Å². The Kier molecular flexibility index (Phi) is 4.13. The molecule has 0 spiro atoms. The van der Waals surface area contributed by atoms with E-state index in [2.05, 4.69) is 31.5 Å². The van der Waals surface area contributed by atoms with Gasteiger partial charge in [-0.1, -0.05) is 49.6 Å². The molecule has 0 saturated carbocycles. The normalized spacial score (nSPS) is 10.2. The molecule has 0 radical (unpaired) electrons. The fourth-order valence-electron chi connectivity index (χ4n) is 2.20. The van der Waals surface area contributed by atoms with Crippen LogP contribution in [-0.4, -0.2) is 6.26 Å². The molecule has 0 aliphatic carbocycles. The van der Waals surface area contributed by atoms with Gasteiger partial charge >= 0.3 is 0 Å². The van der Waals surface area contributed by atoms with Crippen molar-refractivity contribution >= 4 is 29.6 Å². The fraction of sp³-hybridized carbons (Fsp3) is 0.0588. The van der Waals surface area contributed by atoms with Crippen molar-refractivity contribution in [3.05, 3.63) is 60.7 Å². The van der Waals surface area contributed by atoms with E-state index in [1.807, 2.05) is 36.4 Å². The summed E-state index contributed by atoms with van der Waals surface area (Å²) >= 11 is 1.71. The van der Waals surface area contributed by atoms with Crippen LogP contribution >= 0.6 is 11.8 Å². The van der Waals surface area contributed by atoms with Crippen molar-refractivity contribution in [2.75, 3.05) is 12.0 Å². The molecule has 0 aliphatic rings. The van der Waals surface area contributed by atoms with Crippen LogP contribution in [0.25, 0.3) is 23.3 Å². The van der Waals surface area contributed by atoms with Crippen molar-refractivity contribution in [3.63, 3.8) is 0 Å². The molecule has 0 atom stereocenters. The monoisotopic (exact) mass is 267 g/mol. The maximum Gasteiger partial charge on any atom is 0.0393 e. The van der Waals surface area contributed by atoms with E-state index in [9.17, 15) is 0 Å². The van der Waals surface area contributed by atoms with E-state index in [0.717, 1.165) is 27.9 Å². The number of thioether (sulfide) groups is 1. The molecular formula is C17H17NS. The van der Waals surface area contributed by atoms with Gasteiger partial charge in [0.05, 0.1) is 0 Å². The minimum Gasteiger partial charge on any atom is -0.398 e. The topological polar surface area (TPSA) is 26.0 Å². The predicted molar refractivity (Wildman–Crippen MR) is 88.3 cm³/mol. The van der Waals surface area contributed by atoms with Crippen LogP contribution in [0, 0.1) is 0 Å². The van der Waals surface area contributed by atoms with Gasteiger partial charge in [-0.3, -0.25) is 0 Å². The molecule has 0 heterocycles. The third-order valence-electron chi connectivity index (χ3n) is 3.13. The smallest absolute Gasteiger partial charge is 0.0393 e. The van der Waals surface area contributed by atoms with Crippen LogP contribution < -0.4 is 5.73 Å². The zero-order chi connectivity index (χ0) is 13.8. The molecule has 0 amide bonds. The largest absolute Gasteiger partial charge is 0.398 e. The summed E-state index contributed by atoms with van der Waals surface area (Å²) in [5.74, 6) is 0. The standard InChI is InChI=1S/C17H17NS/c1-4-12-13(5-2)17(19-3)11-10-14(12)15-8-6-7-9-16(15)18/h4-11H,1-2,18H2,3H3. The Morgan fingerprint density at radius 3 is 2.21 bits per heavy atom. The van der Waals surface area contributed by atoms with E-state index in [4.69, 9.17) is 5.73 Å². The minimum absolute atomic E-state index is 0.775. The summed E-state index contributed by atoms with van der Waals surface area (Å²) in [7, 11) is 0. The zero-order valence-corrected chi connectivity index (χ0v) is 11.8. The number of rotatable bonds is 4. The lowest BCUT2D eigenvalue weighted by molar-refractivity contribution is 1.40. The van der Waals surface area contributed by atoms with Gasteiger partial charge in [0.25, 0.3) is 0 Å². The highest BCUT2D eigenvalue weighted by atomic mass is 32.2. The Morgan fingerprint density at radius 2 is 1.63 bits per heavy atom. The summed E-state index contributed by atoms with van der Waals surface area (Å²) in [4.78, 5) is 1.20. The van der Waals surface area contributed by atoms with Crippen LogP contribution in [0.15, 0.2) is 54.5 Å². The maximum absolute atomic E-state index is 6.07. The molecule has 0 bridgehead atoms. The highest BCUT2D eigenvalue weighted by Crippen LogP contribution is 2.35. The Labute approximate surface area is 118 Å². The van der Waals surface area contributed by atoms with Gasteiger partial charge in [-0.15, -0.1) is 11.8 Å². The highest BCUT2D eigenvalue weighted by molar-refractivity contribution is 7.98. The maximum atomic E-state index is 6.07. The van der Waals surface area contributed by atoms with Crippen molar-refractivity contribution < 1.29 is 0 Å². The average molecular weight is 267 g/mol. The minimum atomic E-state index is 0.775. The van der Waals surface area contributed by atoms with Gasteiger partial charge in [-0.05, 0) is 35.1 Å². The summed E-state index contributed by atoms with van der Waals surface area (Å²) in [6.45, 7) is 7.85. The summed E-state index contributed by atoms with van der Waals surface area (Å²) in [5.41, 5.74) is 11.2. The second kappa shape index (κ2) is 5.81. The van der Waals surface area contributed by atoms with Crippen LogP contribution in [0.5, 0.6) is 0 Å². The molecule has 2 aromatic carbocycles. The van der Waals surface area contributed by atoms with E-state index in [1.54, 1.807) is 11.8 Å². The third-order valence-corrected chi connectivity index (χ3v) is 3.92. The molecular weight excluding hydrogens is 250 g/mol. The fourth-order valence-corrected chi connectivity index (χ4v) is 2.82. The molecule has 19 heavy (non-hydrogen) atoms. The second-order valence-electron chi connectivity index (χ2n) is 4.14. The molecule has 2 aromatic rings. The number of anilines is 1. The van der Waals surface area contributed by atoms with E-state index < -0.39 is 0 Å². The Bertz CT molecular complexity index is 629. The SMILES string of the molecule is C=Cc1c(SC)ccc(-c2ccccc2N)c1C=C. The molecule has 0 aromatic heterocycles. The lowest BCUT2D eigenvalue weighted by Crippen LogP contribution is -1.94. The first-order valence-corrected chi connectivity index (χ1v) is 7.26. The molecule has 96 valence electrons. The lowest BCUT2D eigenvalue weighted by Gasteiger charge is -2.14. The summed E-state index contributed by atoms with van der Waals surface area (Å²) in [5, 5.41) is 0. The molecule has 1 nitrogen and oxygen atoms in total. The van der Waals surface area contributed by atoms with E-state index in [1.165, 1.54) is 4.90 Å². The van der Waals surface area contributed by atoms with Gasteiger partial charge < -0.3 is 5.73 Å². The molecule has 0 unspecified atom stereocenters. The van der Waals surface area contributed by atoms with Crippen LogP contribution in [0.3, 0.4) is 0 Å². The van der Waals surface area contributed by atoms with Gasteiger partial charge in [-0.25, -0.2) is 0 Å². The number of hydrogen-bond donors (Lipinski definition) is 1. The number of nitrogen functional groups attached to an aromatic ring is 1. The van der Waals surface area contributed by atoms with Crippen molar-refractivity contribution in [2.45, 2.75) is 4.90 Å². The molecule has 2 N–H and O–H groups in total. The Morgan fingerprint density at radius 1 is 0.947 bits per heavy atom. The molecule has 2 heteroatoms. The third kappa shape index (κ3) is 2.45. The van der Waals surface area contributed by atoms with Crippen molar-refractivity contribution in [1.82, 2.24) is 0 Å². The quantitative estimate of drug-likeness (QED) is 0.627. The van der Waals surface area contributed by atoms with Crippen LogP contribution in [0.1, 0.15) is 11.1 Å². The first kappa shape index (κ1) is 13.5. The first-order valence-electron chi connectivity index (χ1n) is 6.03. The molecule has 2 rings (SSSR count). The summed E-state index contributed by atoms with van der Waals surface area (Å²) < 4.78 is 0. The molecule has 0 fully saturated rings. The van der Waals surface area contributed by atoms with E-state index in [0.29, 0.717) is 0 Å². The lowest BCUT2D eigenvalue weighted by atomic mass is 9.94. The van der Waals surface area contributed by atoms with Crippen molar-refractivity contribution in [3.8, 4) is 11.1 Å². The molecule has 0 aliphatic heterocycles. The van der Waals surface area contributed by atoms with Gasteiger partial charge in [0.15, 0.2) is 0 Å². The number of nitrogens with two attached hydrogens (primary N) is 1. The Balaban J connectivity index is 2.75. The summed E-state index contributed by atoms with van der Waals surface area (Å²) in [6, 6.07) is 12.1. The average Bonchev–Trinajstić information content (AvgIpc) is 2.46. The van der Waals surface area contributed by atoms with Crippen LogP contribution in [-0.2, 0) is 0 Å². The van der Waals surface area contributed by atoms with E-state index >= 15 is 0 Å². The second-order valence-corrected chi connectivity index (χ2v) is 4.99. The van der Waals surface area contributed by atoms with Gasteiger partial charge in [-0.2, -0.15) is 0 Å². The number of hydrogen-bond acceptors (Lipinski definition) is 2. The van der Waals surface area contributed by atoms with Crippen LogP contribution in [0.4, 0.5) is 5.69 Å². The predicted octanol–water partition coefficient (Wildman–Crippen LogP) is 4.94. The van der Waals surface area contributed by atoms with Gasteiger partial charge in [0, 0.05) is 16.1 Å². The number of benzene rings is 2. The van der Waals surface area contributed by atoms with Crippen molar-refractivity contribution in [2.24, 2.45) is 0 Å². The van der Waals surface area contributed by atoms with Gasteiger partial charge in [0.1, 0.15) is 0 Å². The summed E-state index contributed by atoms with van der Waals surface area (Å²) in [6.07, 6.45) is 5.82. The Hall–Kier alpha value is -1.93. The highest BCUT2D eigenvalue weighted by Gasteiger charge is 2.11. The molecule has 0 saturated heterocycles. The van der Waals surface area contributed by atoms with Crippen LogP contribution in [0.2, 0.25) is 0 Å². The zero-order valence-electron chi connectivity index (χ0n) is 11.0. The van der Waals surface area contributed by atoms with Gasteiger partial charge in [0.2, 0.25) is 0 Å². The first-order chi connectivity index (χ1) is 9.22. The van der Waals surface area contributed by atoms with Crippen molar-refractivity contribution in [1.29, 1.82) is 0 Å².